The number of hydrogen-bond acceptors (Lipinski definition) is 2. The second-order valence-electron chi connectivity index (χ2n) is 6.40. The molecule has 1 aliphatic rings. The Hall–Kier alpha value is -2.34. The first-order valence-corrected chi connectivity index (χ1v) is 8.73. The Kier molecular flexibility index (Phi) is 6.06. The maximum atomic E-state index is 6.05. The molecule has 25 heavy (non-hydrogen) atoms. The molecule has 0 unspecified atom stereocenters. The number of aryl methyl sites for hydroxylation is 1. The normalized spacial score (nSPS) is 21.0. The molecule has 1 heterocycles. The van der Waals surface area contributed by atoms with Crippen LogP contribution in [0.4, 0.5) is 0 Å². The highest BCUT2D eigenvalue weighted by Gasteiger charge is 2.38. The Morgan fingerprint density at radius 1 is 1.12 bits per heavy atom. The summed E-state index contributed by atoms with van der Waals surface area (Å²) in [7, 11) is 0. The fourth-order valence-corrected chi connectivity index (χ4v) is 3.49. The minimum Gasteiger partial charge on any atom is -0.373 e. The molecule has 2 heteroatoms. The Balaban J connectivity index is 1.77. The van der Waals surface area contributed by atoms with Crippen molar-refractivity contribution in [3.05, 3.63) is 83.9 Å². The zero-order valence-electron chi connectivity index (χ0n) is 14.4. The van der Waals surface area contributed by atoms with Gasteiger partial charge in [0.25, 0.3) is 0 Å². The molecule has 1 fully saturated rings. The van der Waals surface area contributed by atoms with Crippen molar-refractivity contribution < 1.29 is 9.47 Å². The number of rotatable bonds is 7. The molecule has 0 spiro atoms. The second kappa shape index (κ2) is 8.67. The highest BCUT2D eigenvalue weighted by molar-refractivity contribution is 5.24. The Morgan fingerprint density at radius 2 is 1.80 bits per heavy atom. The van der Waals surface area contributed by atoms with E-state index >= 15 is 0 Å². The summed E-state index contributed by atoms with van der Waals surface area (Å²) in [6.07, 6.45) is 7.32. The molecule has 0 radical (unpaired) electrons. The molecular formula is C23H24O2. The van der Waals surface area contributed by atoms with E-state index in [1.54, 1.807) is 0 Å². The van der Waals surface area contributed by atoms with Crippen LogP contribution in [0.25, 0.3) is 0 Å². The Morgan fingerprint density at radius 3 is 2.48 bits per heavy atom. The third-order valence-corrected chi connectivity index (χ3v) is 4.72. The van der Waals surface area contributed by atoms with Crippen molar-refractivity contribution in [3.8, 4) is 12.3 Å². The summed E-state index contributed by atoms with van der Waals surface area (Å²) in [5.41, 5.74) is 3.53. The number of benzene rings is 2. The van der Waals surface area contributed by atoms with Gasteiger partial charge in [0.15, 0.2) is 0 Å². The zero-order chi connectivity index (χ0) is 17.5. The Labute approximate surface area is 150 Å². The van der Waals surface area contributed by atoms with E-state index in [-0.39, 0.29) is 24.7 Å². The minimum atomic E-state index is -0.118. The van der Waals surface area contributed by atoms with Gasteiger partial charge < -0.3 is 9.47 Å². The molecule has 3 rings (SSSR count). The molecule has 2 aromatic rings. The van der Waals surface area contributed by atoms with Gasteiger partial charge in [-0.05, 0) is 29.5 Å². The first-order chi connectivity index (χ1) is 12.3. The highest BCUT2D eigenvalue weighted by Crippen LogP contribution is 2.40. The van der Waals surface area contributed by atoms with Crippen molar-refractivity contribution in [2.75, 3.05) is 13.2 Å². The molecule has 0 saturated carbocycles. The zero-order valence-corrected chi connectivity index (χ0v) is 14.4. The largest absolute Gasteiger partial charge is 0.373 e. The smallest absolute Gasteiger partial charge is 0.108 e. The van der Waals surface area contributed by atoms with Crippen molar-refractivity contribution in [1.29, 1.82) is 0 Å². The number of ether oxygens (including phenoxy) is 2. The van der Waals surface area contributed by atoms with E-state index in [4.69, 9.17) is 15.9 Å². The van der Waals surface area contributed by atoms with Gasteiger partial charge in [0.1, 0.15) is 6.61 Å². The SMILES string of the molecule is C#CCO[C@@H](c1ccccc1)[C@@H]1C(=C)CO[C@@H]1CCc1ccccc1. The van der Waals surface area contributed by atoms with Crippen LogP contribution in [-0.2, 0) is 15.9 Å². The maximum Gasteiger partial charge on any atom is 0.108 e. The lowest BCUT2D eigenvalue weighted by atomic mass is 9.85. The van der Waals surface area contributed by atoms with Gasteiger partial charge in [-0.15, -0.1) is 6.42 Å². The van der Waals surface area contributed by atoms with E-state index in [2.05, 4.69) is 48.9 Å². The summed E-state index contributed by atoms with van der Waals surface area (Å²) < 4.78 is 12.1. The summed E-state index contributed by atoms with van der Waals surface area (Å²) >= 11 is 0. The summed E-state index contributed by atoms with van der Waals surface area (Å²) in [6.45, 7) is 5.12. The van der Waals surface area contributed by atoms with Gasteiger partial charge in [0.2, 0.25) is 0 Å². The van der Waals surface area contributed by atoms with Crippen LogP contribution in [0.2, 0.25) is 0 Å². The molecule has 2 nitrogen and oxygen atoms in total. The summed E-state index contributed by atoms with van der Waals surface area (Å²) in [5.74, 6) is 2.71. The summed E-state index contributed by atoms with van der Waals surface area (Å²) in [4.78, 5) is 0. The lowest BCUT2D eigenvalue weighted by Gasteiger charge is -2.28. The second-order valence-corrected chi connectivity index (χ2v) is 6.40. The lowest BCUT2D eigenvalue weighted by Crippen LogP contribution is -2.26. The molecule has 1 aliphatic heterocycles. The molecule has 128 valence electrons. The predicted octanol–water partition coefficient (Wildman–Crippen LogP) is 4.58. The maximum absolute atomic E-state index is 6.05. The summed E-state index contributed by atoms with van der Waals surface area (Å²) in [6, 6.07) is 20.7. The topological polar surface area (TPSA) is 18.5 Å². The molecule has 0 N–H and O–H groups in total. The monoisotopic (exact) mass is 332 g/mol. The highest BCUT2D eigenvalue weighted by atomic mass is 16.5. The van der Waals surface area contributed by atoms with E-state index in [0.29, 0.717) is 6.61 Å². The quantitative estimate of drug-likeness (QED) is 0.546. The van der Waals surface area contributed by atoms with Crippen LogP contribution in [0, 0.1) is 18.3 Å². The molecular weight excluding hydrogens is 308 g/mol. The fourth-order valence-electron chi connectivity index (χ4n) is 3.49. The van der Waals surface area contributed by atoms with E-state index < -0.39 is 0 Å². The van der Waals surface area contributed by atoms with Crippen LogP contribution < -0.4 is 0 Å². The average molecular weight is 332 g/mol. The van der Waals surface area contributed by atoms with E-state index in [1.807, 2.05) is 24.3 Å². The van der Waals surface area contributed by atoms with Crippen LogP contribution in [0.3, 0.4) is 0 Å². The molecule has 1 saturated heterocycles. The van der Waals surface area contributed by atoms with Gasteiger partial charge in [-0.2, -0.15) is 0 Å². The van der Waals surface area contributed by atoms with Gasteiger partial charge in [0, 0.05) is 5.92 Å². The predicted molar refractivity (Wildman–Crippen MR) is 101 cm³/mol. The minimum absolute atomic E-state index is 0.0932. The molecule has 2 aromatic carbocycles. The molecule has 0 aromatic heterocycles. The van der Waals surface area contributed by atoms with Gasteiger partial charge in [0.05, 0.1) is 18.8 Å². The summed E-state index contributed by atoms with van der Waals surface area (Å²) in [5, 5.41) is 0. The average Bonchev–Trinajstić information content (AvgIpc) is 3.03. The first-order valence-electron chi connectivity index (χ1n) is 8.73. The Bertz CT molecular complexity index is 715. The molecule has 0 aliphatic carbocycles. The van der Waals surface area contributed by atoms with Crippen molar-refractivity contribution >= 4 is 0 Å². The van der Waals surface area contributed by atoms with Crippen LogP contribution in [-0.4, -0.2) is 19.3 Å². The van der Waals surface area contributed by atoms with Crippen molar-refractivity contribution in [2.45, 2.75) is 25.0 Å². The van der Waals surface area contributed by atoms with Gasteiger partial charge >= 0.3 is 0 Å². The fraction of sp³-hybridized carbons (Fsp3) is 0.304. The number of hydrogen-bond donors (Lipinski definition) is 0. The standard InChI is InChI=1S/C23H24O2/c1-3-16-24-23(20-12-8-5-9-13-20)22-18(2)17-25-21(22)15-14-19-10-6-4-7-11-19/h1,4-13,21-23H,2,14-17H2/t21-,22-,23+/m1/s1. The van der Waals surface area contributed by atoms with Crippen molar-refractivity contribution in [1.82, 2.24) is 0 Å². The first kappa shape index (κ1) is 17.5. The number of terminal acetylenes is 1. The van der Waals surface area contributed by atoms with E-state index in [1.165, 1.54) is 5.56 Å². The van der Waals surface area contributed by atoms with Gasteiger partial charge in [-0.25, -0.2) is 0 Å². The van der Waals surface area contributed by atoms with Crippen LogP contribution in [0.1, 0.15) is 23.7 Å². The van der Waals surface area contributed by atoms with E-state index in [9.17, 15) is 0 Å². The molecule has 3 atom stereocenters. The lowest BCUT2D eigenvalue weighted by molar-refractivity contribution is -0.00508. The third-order valence-electron chi connectivity index (χ3n) is 4.72. The van der Waals surface area contributed by atoms with Gasteiger partial charge in [-0.3, -0.25) is 0 Å². The molecule has 0 bridgehead atoms. The van der Waals surface area contributed by atoms with E-state index in [0.717, 1.165) is 24.0 Å². The van der Waals surface area contributed by atoms with Crippen LogP contribution in [0.15, 0.2) is 72.8 Å². The van der Waals surface area contributed by atoms with Crippen molar-refractivity contribution in [3.63, 3.8) is 0 Å². The van der Waals surface area contributed by atoms with Crippen molar-refractivity contribution in [2.24, 2.45) is 5.92 Å². The van der Waals surface area contributed by atoms with Crippen LogP contribution >= 0.6 is 0 Å². The van der Waals surface area contributed by atoms with Crippen LogP contribution in [0.5, 0.6) is 0 Å². The van der Waals surface area contributed by atoms with Gasteiger partial charge in [-0.1, -0.05) is 73.2 Å². The molecule has 0 amide bonds. The third kappa shape index (κ3) is 4.39.